The van der Waals surface area contributed by atoms with Gasteiger partial charge in [0.15, 0.2) is 0 Å². The third-order valence-electron chi connectivity index (χ3n) is 3.06. The van der Waals surface area contributed by atoms with Gasteiger partial charge in [0.25, 0.3) is 5.91 Å². The molecule has 5 nitrogen and oxygen atoms in total. The quantitative estimate of drug-likeness (QED) is 0.763. The van der Waals surface area contributed by atoms with Gasteiger partial charge < -0.3 is 5.73 Å². The zero-order valence-electron chi connectivity index (χ0n) is 10.5. The molecule has 0 aromatic heterocycles. The summed E-state index contributed by atoms with van der Waals surface area (Å²) in [5.41, 5.74) is 5.65. The maximum atomic E-state index is 11.5. The van der Waals surface area contributed by atoms with Gasteiger partial charge in [-0.3, -0.25) is 9.69 Å². The minimum Gasteiger partial charge on any atom is -0.385 e. The van der Waals surface area contributed by atoms with Gasteiger partial charge in [-0.15, -0.1) is 0 Å². The van der Waals surface area contributed by atoms with E-state index in [0.29, 0.717) is 12.5 Å². The second-order valence-electron chi connectivity index (χ2n) is 4.31. The predicted molar refractivity (Wildman–Crippen MR) is 64.8 cm³/mol. The number of carbonyl (C=O) groups excluding carboxylic acids is 2. The number of imide groups is 1. The standard InChI is InChI=1S/C12H20N3O2/c1-3-5-9(4-2)6-7-15-10(13)8-11(16)14-12(15)17/h8-9H,3-7,13H2,1-2H3. The first-order valence-electron chi connectivity index (χ1n) is 6.12. The molecule has 1 atom stereocenters. The fraction of sp³-hybridized carbons (Fsp3) is 0.667. The highest BCUT2D eigenvalue weighted by molar-refractivity contribution is 6.03. The fourth-order valence-electron chi connectivity index (χ4n) is 2.00. The van der Waals surface area contributed by atoms with Crippen LogP contribution in [0.1, 0.15) is 39.5 Å². The molecule has 1 aliphatic rings. The first-order valence-corrected chi connectivity index (χ1v) is 6.12. The Kier molecular flexibility index (Phi) is 5.00. The van der Waals surface area contributed by atoms with Crippen LogP contribution in [0.3, 0.4) is 0 Å². The lowest BCUT2D eigenvalue weighted by Crippen LogP contribution is -2.45. The van der Waals surface area contributed by atoms with Gasteiger partial charge in [0.1, 0.15) is 5.82 Å². The van der Waals surface area contributed by atoms with Crippen molar-refractivity contribution in [1.82, 2.24) is 10.2 Å². The maximum absolute atomic E-state index is 11.5. The summed E-state index contributed by atoms with van der Waals surface area (Å²) in [5.74, 6) is 0.240. The van der Waals surface area contributed by atoms with Gasteiger partial charge in [-0.05, 0) is 12.3 Å². The number of amides is 3. The van der Waals surface area contributed by atoms with Crippen LogP contribution in [-0.2, 0) is 4.79 Å². The summed E-state index contributed by atoms with van der Waals surface area (Å²) in [6, 6.07) is -0.540. The molecule has 17 heavy (non-hydrogen) atoms. The molecule has 1 heterocycles. The number of rotatable bonds is 6. The van der Waals surface area contributed by atoms with Gasteiger partial charge in [0, 0.05) is 12.6 Å². The van der Waals surface area contributed by atoms with Crippen molar-refractivity contribution in [2.45, 2.75) is 39.5 Å². The average molecular weight is 238 g/mol. The molecule has 3 amide bonds. The number of hydrogen-bond donors (Lipinski definition) is 1. The maximum Gasteiger partial charge on any atom is 0.352 e. The van der Waals surface area contributed by atoms with E-state index in [-0.39, 0.29) is 5.82 Å². The first-order chi connectivity index (χ1) is 8.08. The second-order valence-corrected chi connectivity index (χ2v) is 4.31. The monoisotopic (exact) mass is 238 g/mol. The van der Waals surface area contributed by atoms with Crippen molar-refractivity contribution in [3.05, 3.63) is 11.9 Å². The van der Waals surface area contributed by atoms with E-state index in [9.17, 15) is 9.59 Å². The lowest BCUT2D eigenvalue weighted by Gasteiger charge is -2.26. The van der Waals surface area contributed by atoms with E-state index in [2.05, 4.69) is 19.2 Å². The molecular weight excluding hydrogens is 218 g/mol. The molecule has 2 N–H and O–H groups in total. The van der Waals surface area contributed by atoms with Gasteiger partial charge in [0.2, 0.25) is 0 Å². The Morgan fingerprint density at radius 2 is 2.06 bits per heavy atom. The molecule has 0 aromatic rings. The molecule has 0 fully saturated rings. The van der Waals surface area contributed by atoms with Crippen LogP contribution in [0, 0.1) is 5.92 Å². The van der Waals surface area contributed by atoms with Gasteiger partial charge in [-0.1, -0.05) is 33.1 Å². The number of carbonyl (C=O) groups is 2. The molecule has 1 radical (unpaired) electrons. The second kappa shape index (κ2) is 6.27. The van der Waals surface area contributed by atoms with E-state index in [0.717, 1.165) is 25.7 Å². The van der Waals surface area contributed by atoms with Gasteiger partial charge in [0.05, 0.1) is 0 Å². The van der Waals surface area contributed by atoms with Crippen LogP contribution in [0.2, 0.25) is 0 Å². The van der Waals surface area contributed by atoms with Crippen molar-refractivity contribution < 1.29 is 9.59 Å². The van der Waals surface area contributed by atoms with Crippen LogP contribution in [-0.4, -0.2) is 23.4 Å². The molecule has 0 saturated heterocycles. The van der Waals surface area contributed by atoms with Crippen LogP contribution >= 0.6 is 0 Å². The minimum atomic E-state index is -0.565. The summed E-state index contributed by atoms with van der Waals surface area (Å²) in [6.45, 7) is 4.83. The van der Waals surface area contributed by atoms with E-state index in [4.69, 9.17) is 5.73 Å². The number of hydrogen-bond acceptors (Lipinski definition) is 3. The molecule has 0 bridgehead atoms. The first kappa shape index (κ1) is 13.5. The Morgan fingerprint density at radius 3 is 2.59 bits per heavy atom. The molecule has 0 saturated carbocycles. The highest BCUT2D eigenvalue weighted by Gasteiger charge is 2.25. The van der Waals surface area contributed by atoms with Crippen LogP contribution < -0.4 is 11.1 Å². The lowest BCUT2D eigenvalue weighted by atomic mass is 9.97. The summed E-state index contributed by atoms with van der Waals surface area (Å²) in [4.78, 5) is 23.8. The Balaban J connectivity index is 2.53. The van der Waals surface area contributed by atoms with Crippen molar-refractivity contribution in [3.63, 3.8) is 0 Å². The number of urea groups is 1. The summed E-state index contributed by atoms with van der Waals surface area (Å²) >= 11 is 0. The fourth-order valence-corrected chi connectivity index (χ4v) is 2.00. The Bertz CT molecular complexity index is 326. The zero-order chi connectivity index (χ0) is 12.8. The summed E-state index contributed by atoms with van der Waals surface area (Å²) in [7, 11) is 0. The molecule has 1 aliphatic heterocycles. The molecule has 5 heteroatoms. The molecule has 0 spiro atoms. The number of nitrogens with two attached hydrogens (primary N) is 1. The third-order valence-corrected chi connectivity index (χ3v) is 3.06. The highest BCUT2D eigenvalue weighted by Crippen LogP contribution is 2.17. The smallest absolute Gasteiger partial charge is 0.352 e. The lowest BCUT2D eigenvalue weighted by molar-refractivity contribution is -0.116. The van der Waals surface area contributed by atoms with E-state index >= 15 is 0 Å². The molecule has 95 valence electrons. The van der Waals surface area contributed by atoms with Crippen molar-refractivity contribution in [3.8, 4) is 0 Å². The van der Waals surface area contributed by atoms with Crippen molar-refractivity contribution >= 4 is 11.9 Å². The van der Waals surface area contributed by atoms with Crippen LogP contribution in [0.4, 0.5) is 4.79 Å². The summed E-state index contributed by atoms with van der Waals surface area (Å²) < 4.78 is 0. The summed E-state index contributed by atoms with van der Waals surface area (Å²) in [6.07, 6.45) is 5.48. The van der Waals surface area contributed by atoms with Crippen molar-refractivity contribution in [1.29, 1.82) is 0 Å². The molecule has 1 rings (SSSR count). The average Bonchev–Trinajstić information content (AvgIpc) is 2.26. The molecule has 0 aromatic carbocycles. The highest BCUT2D eigenvalue weighted by atomic mass is 16.2. The SMILES string of the molecule is CCCC(CC)CCN1C(=O)[N]C(=O)C=C1N. The van der Waals surface area contributed by atoms with Crippen LogP contribution in [0.5, 0.6) is 0 Å². The molecular formula is C12H20N3O2. The molecule has 1 unspecified atom stereocenters. The summed E-state index contributed by atoms with van der Waals surface area (Å²) in [5, 5.41) is 3.36. The normalized spacial score (nSPS) is 17.8. The van der Waals surface area contributed by atoms with E-state index in [1.165, 1.54) is 11.0 Å². The van der Waals surface area contributed by atoms with Crippen molar-refractivity contribution in [2.24, 2.45) is 11.7 Å². The van der Waals surface area contributed by atoms with Gasteiger partial charge in [-0.2, -0.15) is 5.32 Å². The van der Waals surface area contributed by atoms with E-state index in [1.54, 1.807) is 0 Å². The predicted octanol–water partition coefficient (Wildman–Crippen LogP) is 1.57. The van der Waals surface area contributed by atoms with Crippen molar-refractivity contribution in [2.75, 3.05) is 6.54 Å². The van der Waals surface area contributed by atoms with Gasteiger partial charge >= 0.3 is 6.03 Å². The Hall–Kier alpha value is -1.52. The third kappa shape index (κ3) is 3.76. The Labute approximate surface area is 102 Å². The molecule has 0 aliphatic carbocycles. The van der Waals surface area contributed by atoms with Crippen LogP contribution in [0.15, 0.2) is 11.9 Å². The topological polar surface area (TPSA) is 77.5 Å². The Morgan fingerprint density at radius 1 is 1.35 bits per heavy atom. The van der Waals surface area contributed by atoms with E-state index in [1.807, 2.05) is 0 Å². The van der Waals surface area contributed by atoms with Gasteiger partial charge in [-0.25, -0.2) is 4.79 Å². The number of nitrogens with zero attached hydrogens (tertiary/aromatic N) is 2. The largest absolute Gasteiger partial charge is 0.385 e. The van der Waals surface area contributed by atoms with E-state index < -0.39 is 11.9 Å². The zero-order valence-corrected chi connectivity index (χ0v) is 10.5. The van der Waals surface area contributed by atoms with Crippen LogP contribution in [0.25, 0.3) is 0 Å². The minimum absolute atomic E-state index is 0.210.